The first kappa shape index (κ1) is 15.5. The molecule has 0 radical (unpaired) electrons. The molecule has 1 N–H and O–H groups in total. The number of methoxy groups -OCH3 is 1. The molecule has 0 aliphatic carbocycles. The van der Waals surface area contributed by atoms with E-state index in [0.29, 0.717) is 19.4 Å². The first-order valence-electron chi connectivity index (χ1n) is 7.00. The van der Waals surface area contributed by atoms with Crippen molar-refractivity contribution >= 4 is 11.9 Å². The minimum atomic E-state index is -1.01. The molecule has 2 atom stereocenters. The van der Waals surface area contributed by atoms with Gasteiger partial charge in [-0.1, -0.05) is 0 Å². The lowest BCUT2D eigenvalue weighted by atomic mass is 9.80. The number of carbonyl (C=O) groups excluding carboxylic acids is 1. The molecule has 1 saturated heterocycles. The molecule has 2 heterocycles. The molecule has 0 aromatic carbocycles. The predicted molar refractivity (Wildman–Crippen MR) is 74.7 cm³/mol. The van der Waals surface area contributed by atoms with E-state index < -0.39 is 17.4 Å². The summed E-state index contributed by atoms with van der Waals surface area (Å²) in [6.45, 7) is 2.63. The normalized spacial score (nSPS) is 23.8. The van der Waals surface area contributed by atoms with Gasteiger partial charge in [-0.3, -0.25) is 14.3 Å². The molecule has 0 unspecified atom stereocenters. The van der Waals surface area contributed by atoms with Crippen molar-refractivity contribution in [2.24, 2.45) is 5.41 Å². The first-order chi connectivity index (χ1) is 10.00. The Morgan fingerprint density at radius 3 is 2.86 bits per heavy atom. The van der Waals surface area contributed by atoms with Gasteiger partial charge in [-0.15, -0.1) is 0 Å². The Morgan fingerprint density at radius 2 is 2.29 bits per heavy atom. The van der Waals surface area contributed by atoms with E-state index in [-0.39, 0.29) is 19.1 Å². The molecule has 0 bridgehead atoms. The van der Waals surface area contributed by atoms with Crippen LogP contribution in [-0.4, -0.2) is 58.5 Å². The van der Waals surface area contributed by atoms with E-state index in [4.69, 9.17) is 4.74 Å². The number of hydrogen-bond donors (Lipinski definition) is 1. The Labute approximate surface area is 123 Å². The van der Waals surface area contributed by atoms with E-state index in [0.717, 1.165) is 0 Å². The van der Waals surface area contributed by atoms with Gasteiger partial charge < -0.3 is 14.7 Å². The third-order valence-electron chi connectivity index (χ3n) is 4.04. The summed E-state index contributed by atoms with van der Waals surface area (Å²) in [7, 11) is 1.48. The fourth-order valence-corrected chi connectivity index (χ4v) is 2.84. The number of carboxylic acids is 1. The van der Waals surface area contributed by atoms with E-state index in [9.17, 15) is 14.7 Å². The minimum Gasteiger partial charge on any atom is -0.481 e. The summed E-state index contributed by atoms with van der Waals surface area (Å²) in [5.41, 5.74) is -1.01. The Hall–Kier alpha value is -1.89. The lowest BCUT2D eigenvalue weighted by Crippen LogP contribution is -2.53. The summed E-state index contributed by atoms with van der Waals surface area (Å²) in [5.74, 6) is -1.02. The van der Waals surface area contributed by atoms with E-state index in [1.807, 2.05) is 0 Å². The molecule has 1 aromatic heterocycles. The zero-order valence-electron chi connectivity index (χ0n) is 12.4. The van der Waals surface area contributed by atoms with E-state index in [1.165, 1.54) is 7.11 Å². The predicted octanol–water partition coefficient (Wildman–Crippen LogP) is 0.784. The first-order valence-corrected chi connectivity index (χ1v) is 7.00. The van der Waals surface area contributed by atoms with Crippen molar-refractivity contribution in [3.63, 3.8) is 0 Å². The summed E-state index contributed by atoms with van der Waals surface area (Å²) in [6.07, 6.45) is 4.53. The van der Waals surface area contributed by atoms with Crippen LogP contribution >= 0.6 is 0 Å². The lowest BCUT2D eigenvalue weighted by molar-refractivity contribution is -0.159. The van der Waals surface area contributed by atoms with Crippen molar-refractivity contribution in [3.05, 3.63) is 18.5 Å². The summed E-state index contributed by atoms with van der Waals surface area (Å²) in [5, 5.41) is 13.6. The second-order valence-corrected chi connectivity index (χ2v) is 5.54. The van der Waals surface area contributed by atoms with E-state index >= 15 is 0 Å². The molecular formula is C14H21N3O4. The molecule has 0 spiro atoms. The van der Waals surface area contributed by atoms with Crippen molar-refractivity contribution in [3.8, 4) is 0 Å². The van der Waals surface area contributed by atoms with Crippen LogP contribution in [0, 0.1) is 5.41 Å². The number of likely N-dealkylation sites (tertiary alicyclic amines) is 1. The smallest absolute Gasteiger partial charge is 0.313 e. The average Bonchev–Trinajstić information content (AvgIpc) is 3.00. The topological polar surface area (TPSA) is 84.7 Å². The van der Waals surface area contributed by atoms with Crippen LogP contribution in [0.2, 0.25) is 0 Å². The molecule has 7 nitrogen and oxygen atoms in total. The van der Waals surface area contributed by atoms with Crippen LogP contribution in [0.1, 0.15) is 25.8 Å². The summed E-state index contributed by atoms with van der Waals surface area (Å²) in [4.78, 5) is 25.8. The van der Waals surface area contributed by atoms with Crippen LogP contribution in [0.5, 0.6) is 0 Å². The van der Waals surface area contributed by atoms with Crippen LogP contribution < -0.4 is 0 Å². The number of nitrogens with zero attached hydrogens (tertiary/aromatic N) is 3. The summed E-state index contributed by atoms with van der Waals surface area (Å²) >= 11 is 0. The molecule has 1 fully saturated rings. The van der Waals surface area contributed by atoms with Crippen LogP contribution in [-0.2, 0) is 14.3 Å². The summed E-state index contributed by atoms with van der Waals surface area (Å²) < 4.78 is 6.65. The van der Waals surface area contributed by atoms with Gasteiger partial charge in [-0.05, 0) is 25.8 Å². The molecule has 2 rings (SSSR count). The largest absolute Gasteiger partial charge is 0.481 e. The quantitative estimate of drug-likeness (QED) is 0.868. The highest BCUT2D eigenvalue weighted by Crippen LogP contribution is 2.31. The number of ether oxygens (including phenoxy) is 1. The van der Waals surface area contributed by atoms with Crippen LogP contribution in [0.3, 0.4) is 0 Å². The molecule has 7 heteroatoms. The van der Waals surface area contributed by atoms with Gasteiger partial charge >= 0.3 is 5.97 Å². The molecular weight excluding hydrogens is 274 g/mol. The number of rotatable bonds is 5. The highest BCUT2D eigenvalue weighted by Gasteiger charge is 2.44. The number of aromatic nitrogens is 2. The molecule has 116 valence electrons. The molecule has 1 amide bonds. The standard InChI is InChI=1S/C14H21N3O4/c1-11(17-8-4-6-15-17)12(18)16-7-3-5-14(9-16,10-21-2)13(19)20/h4,6,8,11H,3,5,7,9-10H2,1-2H3,(H,19,20)/t11-,14+/m0/s1. The second kappa shape index (κ2) is 6.26. The van der Waals surface area contributed by atoms with Crippen molar-refractivity contribution in [1.29, 1.82) is 0 Å². The third kappa shape index (κ3) is 3.07. The Balaban J connectivity index is 2.13. The van der Waals surface area contributed by atoms with Gasteiger partial charge in [0.15, 0.2) is 0 Å². The van der Waals surface area contributed by atoms with Gasteiger partial charge in [0.2, 0.25) is 5.91 Å². The Bertz CT molecular complexity index is 498. The number of piperidine rings is 1. The fraction of sp³-hybridized carbons (Fsp3) is 0.643. The van der Waals surface area contributed by atoms with Crippen molar-refractivity contribution in [1.82, 2.24) is 14.7 Å². The van der Waals surface area contributed by atoms with Crippen molar-refractivity contribution < 1.29 is 19.4 Å². The Kier molecular flexibility index (Phi) is 4.62. The maximum absolute atomic E-state index is 12.5. The third-order valence-corrected chi connectivity index (χ3v) is 4.04. The molecule has 1 aliphatic heterocycles. The monoisotopic (exact) mass is 295 g/mol. The maximum Gasteiger partial charge on any atom is 0.313 e. The van der Waals surface area contributed by atoms with Gasteiger partial charge in [-0.25, -0.2) is 0 Å². The highest BCUT2D eigenvalue weighted by atomic mass is 16.5. The molecule has 0 saturated carbocycles. The van der Waals surface area contributed by atoms with Gasteiger partial charge in [0.25, 0.3) is 0 Å². The van der Waals surface area contributed by atoms with Crippen LogP contribution in [0.25, 0.3) is 0 Å². The second-order valence-electron chi connectivity index (χ2n) is 5.54. The van der Waals surface area contributed by atoms with Gasteiger partial charge in [-0.2, -0.15) is 5.10 Å². The Morgan fingerprint density at radius 1 is 1.52 bits per heavy atom. The van der Waals surface area contributed by atoms with Crippen molar-refractivity contribution in [2.75, 3.05) is 26.8 Å². The molecule has 1 aromatic rings. The van der Waals surface area contributed by atoms with E-state index in [2.05, 4.69) is 5.10 Å². The highest BCUT2D eigenvalue weighted by molar-refractivity contribution is 5.82. The van der Waals surface area contributed by atoms with Crippen LogP contribution in [0.15, 0.2) is 18.5 Å². The fourth-order valence-electron chi connectivity index (χ4n) is 2.84. The number of carboxylic acid groups (broad SMARTS) is 1. The summed E-state index contributed by atoms with van der Waals surface area (Å²) in [6, 6.07) is 1.32. The number of carbonyl (C=O) groups is 2. The van der Waals surface area contributed by atoms with Gasteiger partial charge in [0, 0.05) is 32.6 Å². The average molecular weight is 295 g/mol. The molecule has 21 heavy (non-hydrogen) atoms. The van der Waals surface area contributed by atoms with Gasteiger partial charge in [0.05, 0.1) is 6.61 Å². The molecule has 1 aliphatic rings. The zero-order chi connectivity index (χ0) is 15.5. The van der Waals surface area contributed by atoms with Gasteiger partial charge in [0.1, 0.15) is 11.5 Å². The van der Waals surface area contributed by atoms with Crippen molar-refractivity contribution in [2.45, 2.75) is 25.8 Å². The lowest BCUT2D eigenvalue weighted by Gasteiger charge is -2.40. The number of amides is 1. The van der Waals surface area contributed by atoms with Crippen LogP contribution in [0.4, 0.5) is 0 Å². The van der Waals surface area contributed by atoms with E-state index in [1.54, 1.807) is 35.0 Å². The minimum absolute atomic E-state index is 0.111. The number of hydrogen-bond acceptors (Lipinski definition) is 4. The SMILES string of the molecule is COC[C@@]1(C(=O)O)CCCN(C(=O)[C@H](C)n2cccn2)C1. The maximum atomic E-state index is 12.5. The zero-order valence-corrected chi connectivity index (χ0v) is 12.4. The number of aliphatic carboxylic acids is 1.